The van der Waals surface area contributed by atoms with Crippen molar-refractivity contribution in [3.05, 3.63) is 51.4 Å². The van der Waals surface area contributed by atoms with Crippen LogP contribution in [0, 0.1) is 0 Å². The Kier molecular flexibility index (Phi) is 5.05. The molecule has 0 bridgehead atoms. The average molecular weight is 288 g/mol. The van der Waals surface area contributed by atoms with Crippen molar-refractivity contribution in [2.45, 2.75) is 26.2 Å². The molecule has 0 amide bonds. The summed E-state index contributed by atoms with van der Waals surface area (Å²) in [6, 6.07) is 8.15. The van der Waals surface area contributed by atoms with Gasteiger partial charge in [0.15, 0.2) is 0 Å². The molecular weight excluding hydrogens is 268 g/mol. The zero-order valence-electron chi connectivity index (χ0n) is 12.3. The third-order valence-electron chi connectivity index (χ3n) is 3.19. The number of H-pyrrole nitrogens is 1. The maximum atomic E-state index is 11.9. The highest BCUT2D eigenvalue weighted by atomic mass is 16.3. The van der Waals surface area contributed by atoms with Crippen molar-refractivity contribution in [3.63, 3.8) is 0 Å². The molecule has 6 nitrogen and oxygen atoms in total. The second kappa shape index (κ2) is 6.99. The molecule has 0 aliphatic carbocycles. The van der Waals surface area contributed by atoms with E-state index < -0.39 is 0 Å². The maximum Gasteiger partial charge on any atom is 0.274 e. The molecule has 21 heavy (non-hydrogen) atoms. The minimum absolute atomic E-state index is 0.0341. The summed E-state index contributed by atoms with van der Waals surface area (Å²) in [7, 11) is 0. The zero-order chi connectivity index (χ0) is 15.2. The Hall–Kier alpha value is -2.21. The highest BCUT2D eigenvalue weighted by molar-refractivity contribution is 5.28. The summed E-state index contributed by atoms with van der Waals surface area (Å²) >= 11 is 0. The lowest BCUT2D eigenvalue weighted by atomic mass is 10.0. The molecule has 0 radical (unpaired) electrons. The lowest BCUT2D eigenvalue weighted by Crippen LogP contribution is -2.20. The SMILES string of the molecule is CC(C)c1ccc(Cc2nnc(NCCO)[nH]c2=O)cc1. The number of rotatable bonds is 6. The second-order valence-electron chi connectivity index (χ2n) is 5.17. The first-order chi connectivity index (χ1) is 10.1. The fourth-order valence-corrected chi connectivity index (χ4v) is 1.94. The number of aromatic amines is 1. The number of nitrogens with zero attached hydrogens (tertiary/aromatic N) is 2. The molecule has 1 aromatic carbocycles. The van der Waals surface area contributed by atoms with Crippen LogP contribution in [0.15, 0.2) is 29.1 Å². The summed E-state index contributed by atoms with van der Waals surface area (Å²) in [5.74, 6) is 0.757. The van der Waals surface area contributed by atoms with Gasteiger partial charge in [0, 0.05) is 13.0 Å². The number of benzene rings is 1. The molecule has 6 heteroatoms. The Morgan fingerprint density at radius 2 is 1.95 bits per heavy atom. The molecule has 0 spiro atoms. The molecule has 0 saturated heterocycles. The number of hydrogen-bond acceptors (Lipinski definition) is 5. The lowest BCUT2D eigenvalue weighted by Gasteiger charge is -2.07. The maximum absolute atomic E-state index is 11.9. The van der Waals surface area contributed by atoms with Gasteiger partial charge in [-0.3, -0.25) is 9.78 Å². The predicted octanol–water partition coefficient (Wildman–Crippen LogP) is 1.28. The Morgan fingerprint density at radius 1 is 1.24 bits per heavy atom. The largest absolute Gasteiger partial charge is 0.395 e. The van der Waals surface area contributed by atoms with Crippen LogP contribution in [-0.2, 0) is 6.42 Å². The summed E-state index contributed by atoms with van der Waals surface area (Å²) in [5, 5.41) is 19.3. The molecule has 0 atom stereocenters. The zero-order valence-corrected chi connectivity index (χ0v) is 12.3. The first-order valence-electron chi connectivity index (χ1n) is 6.99. The van der Waals surface area contributed by atoms with Crippen LogP contribution in [0.4, 0.5) is 5.95 Å². The van der Waals surface area contributed by atoms with E-state index in [4.69, 9.17) is 5.11 Å². The first kappa shape index (κ1) is 15.2. The molecule has 0 fully saturated rings. The topological polar surface area (TPSA) is 90.9 Å². The van der Waals surface area contributed by atoms with E-state index in [1.807, 2.05) is 12.1 Å². The van der Waals surface area contributed by atoms with E-state index in [2.05, 4.69) is 46.5 Å². The molecule has 0 aliphatic rings. The quantitative estimate of drug-likeness (QED) is 0.745. The van der Waals surface area contributed by atoms with Crippen molar-refractivity contribution < 1.29 is 5.11 Å². The van der Waals surface area contributed by atoms with E-state index in [1.54, 1.807) is 0 Å². The number of aliphatic hydroxyl groups is 1. The Labute approximate surface area is 123 Å². The van der Waals surface area contributed by atoms with Crippen LogP contribution >= 0.6 is 0 Å². The Balaban J connectivity index is 2.10. The van der Waals surface area contributed by atoms with Crippen LogP contribution < -0.4 is 10.9 Å². The van der Waals surface area contributed by atoms with Crippen LogP contribution in [0.25, 0.3) is 0 Å². The normalized spacial score (nSPS) is 10.9. The van der Waals surface area contributed by atoms with Crippen LogP contribution in [0.2, 0.25) is 0 Å². The fourth-order valence-electron chi connectivity index (χ4n) is 1.94. The van der Waals surface area contributed by atoms with Crippen molar-refractivity contribution in [1.29, 1.82) is 0 Å². The van der Waals surface area contributed by atoms with Gasteiger partial charge in [0.2, 0.25) is 5.95 Å². The molecule has 0 aliphatic heterocycles. The number of aliphatic hydroxyl groups excluding tert-OH is 1. The molecule has 2 rings (SSSR count). The van der Waals surface area contributed by atoms with Gasteiger partial charge in [-0.15, -0.1) is 10.2 Å². The summed E-state index contributed by atoms with van der Waals surface area (Å²) in [6.45, 7) is 4.57. The Bertz CT molecular complexity index is 635. The highest BCUT2D eigenvalue weighted by Crippen LogP contribution is 2.15. The van der Waals surface area contributed by atoms with E-state index in [1.165, 1.54) is 5.56 Å². The van der Waals surface area contributed by atoms with Gasteiger partial charge in [-0.25, -0.2) is 0 Å². The van der Waals surface area contributed by atoms with Gasteiger partial charge in [-0.2, -0.15) is 0 Å². The fraction of sp³-hybridized carbons (Fsp3) is 0.400. The van der Waals surface area contributed by atoms with E-state index in [-0.39, 0.29) is 18.1 Å². The molecule has 0 unspecified atom stereocenters. The van der Waals surface area contributed by atoms with Crippen molar-refractivity contribution in [2.75, 3.05) is 18.5 Å². The Morgan fingerprint density at radius 3 is 2.52 bits per heavy atom. The summed E-state index contributed by atoms with van der Waals surface area (Å²) in [4.78, 5) is 14.5. The molecule has 1 aromatic heterocycles. The van der Waals surface area contributed by atoms with Gasteiger partial charge in [0.1, 0.15) is 5.69 Å². The number of aromatic nitrogens is 3. The van der Waals surface area contributed by atoms with Crippen LogP contribution in [0.5, 0.6) is 0 Å². The van der Waals surface area contributed by atoms with E-state index >= 15 is 0 Å². The number of anilines is 1. The minimum Gasteiger partial charge on any atom is -0.395 e. The van der Waals surface area contributed by atoms with Crippen molar-refractivity contribution >= 4 is 5.95 Å². The number of nitrogens with one attached hydrogen (secondary N) is 2. The van der Waals surface area contributed by atoms with Gasteiger partial charge in [-0.05, 0) is 17.0 Å². The monoisotopic (exact) mass is 288 g/mol. The van der Waals surface area contributed by atoms with E-state index in [0.717, 1.165) is 5.56 Å². The molecule has 0 saturated carbocycles. The van der Waals surface area contributed by atoms with E-state index in [9.17, 15) is 4.79 Å². The van der Waals surface area contributed by atoms with Crippen molar-refractivity contribution in [1.82, 2.24) is 15.2 Å². The summed E-state index contributed by atoms with van der Waals surface area (Å²) in [6.07, 6.45) is 0.445. The van der Waals surface area contributed by atoms with Gasteiger partial charge < -0.3 is 10.4 Å². The molecular formula is C15H20N4O2. The molecule has 2 aromatic rings. The summed E-state index contributed by atoms with van der Waals surface area (Å²) in [5.41, 5.74) is 2.40. The van der Waals surface area contributed by atoms with Crippen LogP contribution in [0.3, 0.4) is 0 Å². The van der Waals surface area contributed by atoms with E-state index in [0.29, 0.717) is 24.6 Å². The summed E-state index contributed by atoms with van der Waals surface area (Å²) < 4.78 is 0. The molecule has 3 N–H and O–H groups in total. The highest BCUT2D eigenvalue weighted by Gasteiger charge is 2.06. The molecule has 1 heterocycles. The van der Waals surface area contributed by atoms with Gasteiger partial charge in [0.05, 0.1) is 6.61 Å². The number of hydrogen-bond donors (Lipinski definition) is 3. The van der Waals surface area contributed by atoms with Gasteiger partial charge in [-0.1, -0.05) is 38.1 Å². The first-order valence-corrected chi connectivity index (χ1v) is 6.99. The second-order valence-corrected chi connectivity index (χ2v) is 5.17. The smallest absolute Gasteiger partial charge is 0.274 e. The third kappa shape index (κ3) is 4.13. The lowest BCUT2D eigenvalue weighted by molar-refractivity contribution is 0.310. The van der Waals surface area contributed by atoms with Gasteiger partial charge >= 0.3 is 0 Å². The van der Waals surface area contributed by atoms with Crippen LogP contribution in [0.1, 0.15) is 36.6 Å². The average Bonchev–Trinajstić information content (AvgIpc) is 2.48. The van der Waals surface area contributed by atoms with Crippen molar-refractivity contribution in [2.24, 2.45) is 0 Å². The van der Waals surface area contributed by atoms with Crippen LogP contribution in [-0.4, -0.2) is 33.4 Å². The van der Waals surface area contributed by atoms with Crippen molar-refractivity contribution in [3.8, 4) is 0 Å². The molecule has 112 valence electrons. The standard InChI is InChI=1S/C15H20N4O2/c1-10(2)12-5-3-11(4-6-12)9-13-14(21)17-15(19-18-13)16-7-8-20/h3-6,10,20H,7-9H2,1-2H3,(H2,16,17,19,21). The third-order valence-corrected chi connectivity index (χ3v) is 3.19. The predicted molar refractivity (Wildman–Crippen MR) is 81.6 cm³/mol. The minimum atomic E-state index is -0.265. The van der Waals surface area contributed by atoms with Gasteiger partial charge in [0.25, 0.3) is 5.56 Å².